The molecule has 1 aromatic rings. The van der Waals surface area contributed by atoms with Gasteiger partial charge in [-0.2, -0.15) is 0 Å². The van der Waals surface area contributed by atoms with E-state index in [-0.39, 0.29) is 17.9 Å². The molecular formula is C15H19N3O2S. The molecule has 0 saturated carbocycles. The van der Waals surface area contributed by atoms with E-state index in [1.54, 1.807) is 6.92 Å². The Hall–Kier alpha value is -1.95. The second-order valence-electron chi connectivity index (χ2n) is 5.09. The summed E-state index contributed by atoms with van der Waals surface area (Å²) in [6.45, 7) is 5.60. The van der Waals surface area contributed by atoms with Gasteiger partial charge >= 0.3 is 0 Å². The Morgan fingerprint density at radius 2 is 2.19 bits per heavy atom. The molecule has 0 radical (unpaired) electrons. The van der Waals surface area contributed by atoms with Gasteiger partial charge in [0.05, 0.1) is 5.69 Å². The molecule has 21 heavy (non-hydrogen) atoms. The topological polar surface area (TPSA) is 61.4 Å². The Labute approximate surface area is 129 Å². The highest BCUT2D eigenvalue weighted by atomic mass is 32.1. The van der Waals surface area contributed by atoms with Crippen LogP contribution < -0.4 is 15.5 Å². The van der Waals surface area contributed by atoms with Crippen LogP contribution in [0.3, 0.4) is 0 Å². The summed E-state index contributed by atoms with van der Waals surface area (Å²) in [7, 11) is 0. The van der Waals surface area contributed by atoms with Crippen LogP contribution in [0.15, 0.2) is 18.2 Å². The largest absolute Gasteiger partial charge is 0.350 e. The molecule has 1 aliphatic heterocycles. The molecule has 6 heteroatoms. The minimum atomic E-state index is -0.324. The van der Waals surface area contributed by atoms with E-state index in [0.29, 0.717) is 22.9 Å². The summed E-state index contributed by atoms with van der Waals surface area (Å²) in [5.41, 5.74) is 2.24. The summed E-state index contributed by atoms with van der Waals surface area (Å²) < 4.78 is 0. The van der Waals surface area contributed by atoms with Crippen LogP contribution in [0.4, 0.5) is 11.4 Å². The van der Waals surface area contributed by atoms with Gasteiger partial charge in [-0.05, 0) is 50.2 Å². The van der Waals surface area contributed by atoms with E-state index in [1.807, 2.05) is 32.0 Å². The zero-order chi connectivity index (χ0) is 15.6. The first kappa shape index (κ1) is 15.4. The first-order chi connectivity index (χ1) is 9.95. The fourth-order valence-corrected chi connectivity index (χ4v) is 2.64. The van der Waals surface area contributed by atoms with Crippen LogP contribution in [0, 0.1) is 6.92 Å². The van der Waals surface area contributed by atoms with Crippen molar-refractivity contribution in [3.63, 3.8) is 0 Å². The number of nitrogens with zero attached hydrogens (tertiary/aromatic N) is 1. The number of rotatable bonds is 4. The van der Waals surface area contributed by atoms with Gasteiger partial charge in [0.2, 0.25) is 5.91 Å². The maximum atomic E-state index is 12.2. The SMILES string of the molecule is CCCC(=O)Nc1cccc(N2C(=O)[C@H](C)NC2=S)c1C. The van der Waals surface area contributed by atoms with Gasteiger partial charge in [-0.15, -0.1) is 0 Å². The van der Waals surface area contributed by atoms with Crippen LogP contribution in [0.25, 0.3) is 0 Å². The van der Waals surface area contributed by atoms with Crippen LogP contribution in [0.2, 0.25) is 0 Å². The number of carbonyl (C=O) groups is 2. The Balaban J connectivity index is 2.32. The number of amides is 2. The summed E-state index contributed by atoms with van der Waals surface area (Å²) in [4.78, 5) is 25.4. The van der Waals surface area contributed by atoms with Gasteiger partial charge in [-0.25, -0.2) is 0 Å². The molecule has 112 valence electrons. The van der Waals surface area contributed by atoms with Crippen molar-refractivity contribution in [2.45, 2.75) is 39.7 Å². The predicted octanol–water partition coefficient (Wildman–Crippen LogP) is 2.34. The van der Waals surface area contributed by atoms with Gasteiger partial charge in [0.15, 0.2) is 5.11 Å². The second-order valence-corrected chi connectivity index (χ2v) is 5.48. The highest BCUT2D eigenvalue weighted by Crippen LogP contribution is 2.29. The number of benzene rings is 1. The lowest BCUT2D eigenvalue weighted by Crippen LogP contribution is -2.31. The lowest BCUT2D eigenvalue weighted by atomic mass is 10.1. The quantitative estimate of drug-likeness (QED) is 0.838. The normalized spacial score (nSPS) is 17.9. The van der Waals surface area contributed by atoms with Crippen LogP contribution in [-0.4, -0.2) is 23.0 Å². The molecule has 0 aromatic heterocycles. The number of carbonyl (C=O) groups excluding carboxylic acids is 2. The molecule has 0 unspecified atom stereocenters. The van der Waals surface area contributed by atoms with E-state index in [0.717, 1.165) is 12.0 Å². The van der Waals surface area contributed by atoms with E-state index in [2.05, 4.69) is 10.6 Å². The van der Waals surface area contributed by atoms with Crippen LogP contribution in [0.5, 0.6) is 0 Å². The van der Waals surface area contributed by atoms with Crippen molar-refractivity contribution in [1.82, 2.24) is 5.32 Å². The molecule has 2 N–H and O–H groups in total. The molecule has 0 bridgehead atoms. The standard InChI is InChI=1S/C15H19N3O2S/c1-4-6-13(19)17-11-7-5-8-12(9(11)2)18-14(20)10(3)16-15(18)21/h5,7-8,10H,4,6H2,1-3H3,(H,16,21)(H,17,19)/t10-/m0/s1. The average molecular weight is 305 g/mol. The Kier molecular flexibility index (Phi) is 4.57. The molecular weight excluding hydrogens is 286 g/mol. The third-order valence-corrected chi connectivity index (χ3v) is 3.73. The van der Waals surface area contributed by atoms with Gasteiger partial charge in [-0.1, -0.05) is 13.0 Å². The van der Waals surface area contributed by atoms with Gasteiger partial charge in [0.25, 0.3) is 5.91 Å². The summed E-state index contributed by atoms with van der Waals surface area (Å²) in [5, 5.41) is 6.21. The zero-order valence-corrected chi connectivity index (χ0v) is 13.2. The molecule has 2 amide bonds. The minimum Gasteiger partial charge on any atom is -0.350 e. The van der Waals surface area contributed by atoms with Gasteiger partial charge in [0.1, 0.15) is 6.04 Å². The van der Waals surface area contributed by atoms with E-state index in [4.69, 9.17) is 12.2 Å². The third kappa shape index (κ3) is 3.05. The van der Waals surface area contributed by atoms with Crippen LogP contribution >= 0.6 is 12.2 Å². The average Bonchev–Trinajstić information content (AvgIpc) is 2.67. The van der Waals surface area contributed by atoms with Crippen molar-refractivity contribution in [1.29, 1.82) is 0 Å². The lowest BCUT2D eigenvalue weighted by molar-refractivity contribution is -0.118. The molecule has 0 aliphatic carbocycles. The molecule has 2 rings (SSSR count). The molecule has 1 atom stereocenters. The Morgan fingerprint density at radius 3 is 2.76 bits per heavy atom. The van der Waals surface area contributed by atoms with Crippen molar-refractivity contribution in [3.05, 3.63) is 23.8 Å². The molecule has 5 nitrogen and oxygen atoms in total. The maximum absolute atomic E-state index is 12.2. The fourth-order valence-electron chi connectivity index (χ4n) is 2.27. The summed E-state index contributed by atoms with van der Waals surface area (Å²) in [6.07, 6.45) is 1.27. The number of hydrogen-bond acceptors (Lipinski definition) is 3. The molecule has 1 aliphatic rings. The van der Waals surface area contributed by atoms with Crippen LogP contribution in [-0.2, 0) is 9.59 Å². The zero-order valence-electron chi connectivity index (χ0n) is 12.4. The number of anilines is 2. The van der Waals surface area contributed by atoms with Crippen molar-refractivity contribution in [2.75, 3.05) is 10.2 Å². The number of thiocarbonyl (C=S) groups is 1. The first-order valence-electron chi connectivity index (χ1n) is 6.99. The van der Waals surface area contributed by atoms with E-state index >= 15 is 0 Å². The fraction of sp³-hybridized carbons (Fsp3) is 0.400. The van der Waals surface area contributed by atoms with Gasteiger partial charge in [0, 0.05) is 12.1 Å². The van der Waals surface area contributed by atoms with Crippen molar-refractivity contribution in [2.24, 2.45) is 0 Å². The highest BCUT2D eigenvalue weighted by molar-refractivity contribution is 7.80. The minimum absolute atomic E-state index is 0.0282. The molecule has 1 saturated heterocycles. The van der Waals surface area contributed by atoms with E-state index < -0.39 is 0 Å². The third-order valence-electron chi connectivity index (χ3n) is 3.43. The van der Waals surface area contributed by atoms with Crippen molar-refractivity contribution >= 4 is 40.5 Å². The molecule has 0 spiro atoms. The van der Waals surface area contributed by atoms with Crippen molar-refractivity contribution in [3.8, 4) is 0 Å². The summed E-state index contributed by atoms with van der Waals surface area (Å²) in [6, 6.07) is 5.14. The Bertz CT molecular complexity index is 601. The number of hydrogen-bond donors (Lipinski definition) is 2. The first-order valence-corrected chi connectivity index (χ1v) is 7.40. The smallest absolute Gasteiger partial charge is 0.255 e. The lowest BCUT2D eigenvalue weighted by Gasteiger charge is -2.19. The highest BCUT2D eigenvalue weighted by Gasteiger charge is 2.34. The summed E-state index contributed by atoms with van der Waals surface area (Å²) >= 11 is 5.22. The van der Waals surface area contributed by atoms with Gasteiger partial charge in [-0.3, -0.25) is 14.5 Å². The van der Waals surface area contributed by atoms with E-state index in [9.17, 15) is 9.59 Å². The molecule has 1 aromatic carbocycles. The number of nitrogens with one attached hydrogen (secondary N) is 2. The monoisotopic (exact) mass is 305 g/mol. The Morgan fingerprint density at radius 1 is 1.48 bits per heavy atom. The predicted molar refractivity (Wildman–Crippen MR) is 87.4 cm³/mol. The van der Waals surface area contributed by atoms with Gasteiger partial charge < -0.3 is 10.6 Å². The molecule has 1 heterocycles. The second kappa shape index (κ2) is 6.22. The van der Waals surface area contributed by atoms with Crippen LogP contribution in [0.1, 0.15) is 32.3 Å². The summed E-state index contributed by atoms with van der Waals surface area (Å²) in [5.74, 6) is -0.111. The molecule has 1 fully saturated rings. The van der Waals surface area contributed by atoms with E-state index in [1.165, 1.54) is 4.90 Å². The van der Waals surface area contributed by atoms with Crippen molar-refractivity contribution < 1.29 is 9.59 Å². The maximum Gasteiger partial charge on any atom is 0.255 e.